The van der Waals surface area contributed by atoms with Crippen LogP contribution in [0.25, 0.3) is 0 Å². The molecule has 3 nitrogen and oxygen atoms in total. The maximum absolute atomic E-state index is 12.4. The smallest absolute Gasteiger partial charge is 0.394 e. The molecule has 0 atom stereocenters. The van der Waals surface area contributed by atoms with Crippen molar-refractivity contribution in [1.82, 2.24) is 0 Å². The summed E-state index contributed by atoms with van der Waals surface area (Å²) in [5.41, 5.74) is -1.39. The Morgan fingerprint density at radius 1 is 1.00 bits per heavy atom. The molecule has 1 rings (SSSR count). The van der Waals surface area contributed by atoms with Crippen molar-refractivity contribution in [2.75, 3.05) is 0 Å². The summed E-state index contributed by atoms with van der Waals surface area (Å²) < 4.78 is 78.6. The van der Waals surface area contributed by atoms with Gasteiger partial charge in [-0.2, -0.15) is 13.2 Å². The molecule has 0 amide bonds. The van der Waals surface area contributed by atoms with Crippen LogP contribution in [0.4, 0.5) is 31.1 Å². The largest absolute Gasteiger partial charge is 0.577 e. The van der Waals surface area contributed by atoms with E-state index in [0.29, 0.717) is 12.1 Å². The minimum Gasteiger partial charge on any atom is -0.394 e. The highest BCUT2D eigenvalue weighted by molar-refractivity contribution is 5.64. The first kappa shape index (κ1) is 14.1. The average molecular weight is 274 g/mol. The van der Waals surface area contributed by atoms with Crippen LogP contribution < -0.4 is 4.74 Å². The van der Waals surface area contributed by atoms with Crippen LogP contribution >= 0.6 is 0 Å². The molecular weight excluding hydrogens is 270 g/mol. The molecule has 0 spiro atoms. The summed E-state index contributed by atoms with van der Waals surface area (Å²) in [6.07, 6.45) is -12.5. The van der Waals surface area contributed by atoms with E-state index >= 15 is 0 Å². The second-order valence-corrected chi connectivity index (χ2v) is 2.89. The summed E-state index contributed by atoms with van der Waals surface area (Å²) in [6, 6.07) is 3.30. The van der Waals surface area contributed by atoms with E-state index in [-0.39, 0.29) is 0 Å². The van der Waals surface area contributed by atoms with Gasteiger partial charge in [-0.25, -0.2) is 4.79 Å². The molecule has 0 aromatic heterocycles. The van der Waals surface area contributed by atoms with E-state index in [1.807, 2.05) is 0 Å². The van der Waals surface area contributed by atoms with E-state index in [1.54, 1.807) is 0 Å². The number of para-hydroxylation sites is 1. The summed E-state index contributed by atoms with van der Waals surface area (Å²) in [7, 11) is 0. The van der Waals surface area contributed by atoms with Gasteiger partial charge in [0.1, 0.15) is 5.75 Å². The lowest BCUT2D eigenvalue weighted by Crippen LogP contribution is -2.23. The highest BCUT2D eigenvalue weighted by Gasteiger charge is 2.38. The molecule has 1 aromatic carbocycles. The number of benzene rings is 1. The monoisotopic (exact) mass is 274 g/mol. The Hall–Kier alpha value is -1.93. The summed E-state index contributed by atoms with van der Waals surface area (Å²) in [4.78, 5) is 10.6. The van der Waals surface area contributed by atoms with Gasteiger partial charge in [0.2, 0.25) is 0 Å². The fourth-order valence-electron chi connectivity index (χ4n) is 0.995. The summed E-state index contributed by atoms with van der Waals surface area (Å²) >= 11 is 0. The van der Waals surface area contributed by atoms with E-state index < -0.39 is 30.0 Å². The molecule has 18 heavy (non-hydrogen) atoms. The second-order valence-electron chi connectivity index (χ2n) is 2.89. The molecule has 9 heteroatoms. The predicted molar refractivity (Wildman–Crippen MR) is 44.6 cm³/mol. The molecule has 0 saturated heterocycles. The molecule has 0 N–H and O–H groups in total. The molecule has 0 saturated carbocycles. The Morgan fingerprint density at radius 2 is 1.56 bits per heavy atom. The van der Waals surface area contributed by atoms with Crippen molar-refractivity contribution in [2.24, 2.45) is 0 Å². The Balaban J connectivity index is 2.89. The van der Waals surface area contributed by atoms with E-state index in [4.69, 9.17) is 0 Å². The molecule has 0 heterocycles. The first-order valence-corrected chi connectivity index (χ1v) is 4.23. The maximum Gasteiger partial charge on any atom is 0.577 e. The second kappa shape index (κ2) is 4.75. The van der Waals surface area contributed by atoms with Gasteiger partial charge < -0.3 is 9.47 Å². The van der Waals surface area contributed by atoms with Gasteiger partial charge in [0.05, 0.1) is 5.56 Å². The fraction of sp³-hybridized carbons (Fsp3) is 0.222. The van der Waals surface area contributed by atoms with E-state index in [0.717, 1.165) is 12.1 Å². The van der Waals surface area contributed by atoms with Crippen LogP contribution in [0.2, 0.25) is 0 Å². The maximum atomic E-state index is 12.4. The highest BCUT2D eigenvalue weighted by atomic mass is 19.4. The summed E-state index contributed by atoms with van der Waals surface area (Å²) in [6.45, 7) is 0. The van der Waals surface area contributed by atoms with E-state index in [9.17, 15) is 31.1 Å². The number of carbonyl (C=O) groups excluding carboxylic acids is 1. The SMILES string of the molecule is O=C(Oc1ccccc1C(F)(F)F)OC(F)(F)F. The van der Waals surface area contributed by atoms with Gasteiger partial charge in [-0.05, 0) is 12.1 Å². The van der Waals surface area contributed by atoms with Crippen LogP contribution in [0.3, 0.4) is 0 Å². The molecule has 0 radical (unpaired) electrons. The number of alkyl halides is 6. The van der Waals surface area contributed by atoms with Crippen molar-refractivity contribution in [3.63, 3.8) is 0 Å². The van der Waals surface area contributed by atoms with Crippen LogP contribution in [0.1, 0.15) is 5.56 Å². The Kier molecular flexibility index (Phi) is 3.73. The molecular formula is C9H4F6O3. The summed E-state index contributed by atoms with van der Waals surface area (Å²) in [5, 5.41) is 0. The lowest BCUT2D eigenvalue weighted by Gasteiger charge is -2.12. The molecule has 0 unspecified atom stereocenters. The zero-order valence-corrected chi connectivity index (χ0v) is 8.30. The zero-order chi connectivity index (χ0) is 14.0. The minimum atomic E-state index is -5.33. The molecule has 0 bridgehead atoms. The highest BCUT2D eigenvalue weighted by Crippen LogP contribution is 2.36. The van der Waals surface area contributed by atoms with Crippen molar-refractivity contribution >= 4 is 6.16 Å². The number of carbonyl (C=O) groups is 1. The predicted octanol–water partition coefficient (Wildman–Crippen LogP) is 3.74. The molecule has 0 aliphatic carbocycles. The fourth-order valence-corrected chi connectivity index (χ4v) is 0.995. The van der Waals surface area contributed by atoms with Crippen LogP contribution in [0, 0.1) is 0 Å². The Bertz CT molecular complexity index is 437. The average Bonchev–Trinajstić information content (AvgIpc) is 2.13. The Morgan fingerprint density at radius 3 is 2.06 bits per heavy atom. The lowest BCUT2D eigenvalue weighted by molar-refractivity contribution is -0.296. The molecule has 0 fully saturated rings. The van der Waals surface area contributed by atoms with Crippen LogP contribution in [0.15, 0.2) is 24.3 Å². The number of ether oxygens (including phenoxy) is 2. The van der Waals surface area contributed by atoms with Gasteiger partial charge in [0, 0.05) is 0 Å². The quantitative estimate of drug-likeness (QED) is 0.444. The topological polar surface area (TPSA) is 35.5 Å². The molecule has 0 aliphatic heterocycles. The lowest BCUT2D eigenvalue weighted by atomic mass is 10.2. The molecule has 100 valence electrons. The number of rotatable bonds is 1. The van der Waals surface area contributed by atoms with Gasteiger partial charge in [-0.15, -0.1) is 13.2 Å². The van der Waals surface area contributed by atoms with Gasteiger partial charge in [-0.1, -0.05) is 12.1 Å². The number of hydrogen-bond acceptors (Lipinski definition) is 3. The first-order valence-electron chi connectivity index (χ1n) is 4.23. The van der Waals surface area contributed by atoms with Crippen molar-refractivity contribution < 1.29 is 40.6 Å². The molecule has 1 aromatic rings. The zero-order valence-electron chi connectivity index (χ0n) is 8.30. The third-order valence-electron chi connectivity index (χ3n) is 1.58. The van der Waals surface area contributed by atoms with Crippen LogP contribution in [-0.2, 0) is 10.9 Å². The molecule has 0 aliphatic rings. The Labute approximate surface area is 95.9 Å². The van der Waals surface area contributed by atoms with Crippen LogP contribution in [0.5, 0.6) is 5.75 Å². The minimum absolute atomic E-state index is 0.552. The van der Waals surface area contributed by atoms with Crippen molar-refractivity contribution in [3.05, 3.63) is 29.8 Å². The standard InChI is InChI=1S/C9H4F6O3/c10-8(11,12)5-3-1-2-4-6(5)17-7(16)18-9(13,14)15/h1-4H. The van der Waals surface area contributed by atoms with E-state index in [2.05, 4.69) is 9.47 Å². The number of hydrogen-bond donors (Lipinski definition) is 0. The third-order valence-corrected chi connectivity index (χ3v) is 1.58. The van der Waals surface area contributed by atoms with E-state index in [1.165, 1.54) is 0 Å². The van der Waals surface area contributed by atoms with Crippen molar-refractivity contribution in [2.45, 2.75) is 12.5 Å². The van der Waals surface area contributed by atoms with Gasteiger partial charge in [0.25, 0.3) is 0 Å². The van der Waals surface area contributed by atoms with Crippen molar-refractivity contribution in [1.29, 1.82) is 0 Å². The first-order chi connectivity index (χ1) is 8.09. The van der Waals surface area contributed by atoms with Gasteiger partial charge >= 0.3 is 18.7 Å². The normalized spacial score (nSPS) is 12.1. The third kappa shape index (κ3) is 4.15. The van der Waals surface area contributed by atoms with Gasteiger partial charge in [0.15, 0.2) is 0 Å². The van der Waals surface area contributed by atoms with Crippen molar-refractivity contribution in [3.8, 4) is 5.75 Å². The van der Waals surface area contributed by atoms with Gasteiger partial charge in [-0.3, -0.25) is 0 Å². The van der Waals surface area contributed by atoms with Crippen LogP contribution in [-0.4, -0.2) is 12.5 Å². The number of halogens is 6. The summed E-state index contributed by atoms with van der Waals surface area (Å²) in [5.74, 6) is -1.07.